The van der Waals surface area contributed by atoms with Gasteiger partial charge in [0.2, 0.25) is 5.91 Å². The lowest BCUT2D eigenvalue weighted by atomic mass is 10.1. The molecule has 0 aliphatic heterocycles. The molecule has 3 nitrogen and oxygen atoms in total. The van der Waals surface area contributed by atoms with Crippen molar-refractivity contribution in [3.05, 3.63) is 69.9 Å². The van der Waals surface area contributed by atoms with Gasteiger partial charge in [0.05, 0.1) is 0 Å². The van der Waals surface area contributed by atoms with E-state index in [0.717, 1.165) is 10.0 Å². The summed E-state index contributed by atoms with van der Waals surface area (Å²) in [4.78, 5) is 12.0. The minimum absolute atomic E-state index is 0.220. The number of nitrogens with one attached hydrogen (secondary N) is 1. The Labute approximate surface area is 125 Å². The molecular formula is C15H14BrFN2O. The molecule has 0 fully saturated rings. The normalized spacial score (nSPS) is 11.9. The molecule has 0 unspecified atom stereocenters. The van der Waals surface area contributed by atoms with Gasteiger partial charge in [0.25, 0.3) is 0 Å². The van der Waals surface area contributed by atoms with Crippen LogP contribution in [0.15, 0.2) is 53.0 Å². The van der Waals surface area contributed by atoms with E-state index >= 15 is 0 Å². The largest absolute Gasteiger partial charge is 0.350 e. The number of halogens is 2. The first-order chi connectivity index (χ1) is 9.58. The number of benzene rings is 2. The molecule has 2 aromatic rings. The van der Waals surface area contributed by atoms with Gasteiger partial charge in [0, 0.05) is 11.0 Å². The Morgan fingerprint density at radius 2 is 1.95 bits per heavy atom. The minimum atomic E-state index is -0.733. The van der Waals surface area contributed by atoms with E-state index in [-0.39, 0.29) is 18.3 Å². The lowest BCUT2D eigenvalue weighted by Gasteiger charge is -2.13. The molecule has 0 bridgehead atoms. The van der Waals surface area contributed by atoms with Crippen molar-refractivity contribution in [2.24, 2.45) is 5.73 Å². The van der Waals surface area contributed by atoms with Gasteiger partial charge in [-0.3, -0.25) is 4.79 Å². The maximum Gasteiger partial charge on any atom is 0.241 e. The van der Waals surface area contributed by atoms with E-state index in [2.05, 4.69) is 21.2 Å². The predicted molar refractivity (Wildman–Crippen MR) is 79.3 cm³/mol. The lowest BCUT2D eigenvalue weighted by molar-refractivity contribution is -0.122. The second-order valence-corrected chi connectivity index (χ2v) is 5.20. The molecule has 0 aliphatic rings. The van der Waals surface area contributed by atoms with Crippen LogP contribution >= 0.6 is 15.9 Å². The summed E-state index contributed by atoms with van der Waals surface area (Å²) >= 11 is 3.31. The fraction of sp³-hybridized carbons (Fsp3) is 0.133. The molecule has 0 spiro atoms. The van der Waals surface area contributed by atoms with Crippen molar-refractivity contribution < 1.29 is 9.18 Å². The van der Waals surface area contributed by atoms with Gasteiger partial charge in [-0.25, -0.2) is 4.39 Å². The van der Waals surface area contributed by atoms with Crippen molar-refractivity contribution in [1.29, 1.82) is 0 Å². The van der Waals surface area contributed by atoms with Crippen molar-refractivity contribution >= 4 is 21.8 Å². The van der Waals surface area contributed by atoms with Crippen molar-refractivity contribution in [2.75, 3.05) is 0 Å². The molecule has 0 aliphatic carbocycles. The molecule has 1 atom stereocenters. The molecule has 20 heavy (non-hydrogen) atoms. The Bertz CT molecular complexity index is 604. The summed E-state index contributed by atoms with van der Waals surface area (Å²) in [6.07, 6.45) is 0. The topological polar surface area (TPSA) is 55.1 Å². The summed E-state index contributed by atoms with van der Waals surface area (Å²) in [7, 11) is 0. The Morgan fingerprint density at radius 3 is 2.65 bits per heavy atom. The highest BCUT2D eigenvalue weighted by Gasteiger charge is 2.15. The number of carbonyl (C=O) groups excluding carboxylic acids is 1. The van der Waals surface area contributed by atoms with Crippen LogP contribution in [0.5, 0.6) is 0 Å². The summed E-state index contributed by atoms with van der Waals surface area (Å²) in [5.41, 5.74) is 7.28. The summed E-state index contributed by atoms with van der Waals surface area (Å²) in [6.45, 7) is 0.220. The molecular weight excluding hydrogens is 323 g/mol. The molecule has 2 aromatic carbocycles. The molecule has 5 heteroatoms. The first kappa shape index (κ1) is 14.7. The number of nitrogens with two attached hydrogens (primary N) is 1. The first-order valence-electron chi connectivity index (χ1n) is 6.10. The Hall–Kier alpha value is -1.72. The van der Waals surface area contributed by atoms with Crippen LogP contribution in [-0.4, -0.2) is 5.91 Å². The standard InChI is InChI=1S/C15H14BrFN2O/c16-13-7-6-12(17)8-11(13)9-19-15(20)14(18)10-4-2-1-3-5-10/h1-8,14H,9,18H2,(H,19,20)/t14-/m1/s1. The highest BCUT2D eigenvalue weighted by molar-refractivity contribution is 9.10. The van der Waals surface area contributed by atoms with Crippen molar-refractivity contribution in [1.82, 2.24) is 5.32 Å². The fourth-order valence-corrected chi connectivity index (χ4v) is 2.17. The van der Waals surface area contributed by atoms with Gasteiger partial charge >= 0.3 is 0 Å². The zero-order chi connectivity index (χ0) is 14.5. The van der Waals surface area contributed by atoms with Crippen LogP contribution in [-0.2, 0) is 11.3 Å². The fourth-order valence-electron chi connectivity index (χ4n) is 1.78. The minimum Gasteiger partial charge on any atom is -0.350 e. The second kappa shape index (κ2) is 6.63. The van der Waals surface area contributed by atoms with Crippen molar-refractivity contribution in [2.45, 2.75) is 12.6 Å². The van der Waals surface area contributed by atoms with Gasteiger partial charge < -0.3 is 11.1 Å². The highest BCUT2D eigenvalue weighted by atomic mass is 79.9. The van der Waals surface area contributed by atoms with Crippen molar-refractivity contribution in [3.63, 3.8) is 0 Å². The van der Waals surface area contributed by atoms with Gasteiger partial charge in [-0.1, -0.05) is 46.3 Å². The predicted octanol–water partition coefficient (Wildman–Crippen LogP) is 2.90. The molecule has 104 valence electrons. The van der Waals surface area contributed by atoms with Gasteiger partial charge in [-0.05, 0) is 29.3 Å². The molecule has 0 aromatic heterocycles. The molecule has 0 saturated heterocycles. The van der Waals surface area contributed by atoms with Crippen LogP contribution in [0.3, 0.4) is 0 Å². The quantitative estimate of drug-likeness (QED) is 0.901. The SMILES string of the molecule is N[C@@H](C(=O)NCc1cc(F)ccc1Br)c1ccccc1. The van der Waals surface area contributed by atoms with E-state index in [9.17, 15) is 9.18 Å². The van der Waals surface area contributed by atoms with Crippen LogP contribution in [0.25, 0.3) is 0 Å². The maximum atomic E-state index is 13.1. The highest BCUT2D eigenvalue weighted by Crippen LogP contribution is 2.18. The number of amides is 1. The van der Waals surface area contributed by atoms with E-state index in [1.807, 2.05) is 18.2 Å². The number of hydrogen-bond acceptors (Lipinski definition) is 2. The van der Waals surface area contributed by atoms with Crippen LogP contribution < -0.4 is 11.1 Å². The van der Waals surface area contributed by atoms with E-state index in [1.165, 1.54) is 12.1 Å². The molecule has 0 radical (unpaired) electrons. The average molecular weight is 337 g/mol. The zero-order valence-electron chi connectivity index (χ0n) is 10.6. The van der Waals surface area contributed by atoms with Gasteiger partial charge in [0.1, 0.15) is 11.9 Å². The van der Waals surface area contributed by atoms with Gasteiger partial charge in [-0.2, -0.15) is 0 Å². The monoisotopic (exact) mass is 336 g/mol. The number of carbonyl (C=O) groups is 1. The first-order valence-corrected chi connectivity index (χ1v) is 6.89. The van der Waals surface area contributed by atoms with Crippen molar-refractivity contribution in [3.8, 4) is 0 Å². The molecule has 0 heterocycles. The van der Waals surface area contributed by atoms with Gasteiger partial charge in [0.15, 0.2) is 0 Å². The lowest BCUT2D eigenvalue weighted by Crippen LogP contribution is -2.33. The van der Waals surface area contributed by atoms with Crippen LogP contribution in [0.2, 0.25) is 0 Å². The molecule has 0 saturated carbocycles. The third kappa shape index (κ3) is 3.65. The third-order valence-electron chi connectivity index (χ3n) is 2.90. The third-order valence-corrected chi connectivity index (χ3v) is 3.68. The van der Waals surface area contributed by atoms with Crippen LogP contribution in [0.4, 0.5) is 4.39 Å². The number of hydrogen-bond donors (Lipinski definition) is 2. The summed E-state index contributed by atoms with van der Waals surface area (Å²) < 4.78 is 13.9. The van der Waals surface area contributed by atoms with E-state index in [4.69, 9.17) is 5.73 Å². The van der Waals surface area contributed by atoms with Crippen LogP contribution in [0, 0.1) is 5.82 Å². The molecule has 3 N–H and O–H groups in total. The molecule has 2 rings (SSSR count). The van der Waals surface area contributed by atoms with Crippen LogP contribution in [0.1, 0.15) is 17.2 Å². The number of rotatable bonds is 4. The summed E-state index contributed by atoms with van der Waals surface area (Å²) in [6, 6.07) is 12.7. The maximum absolute atomic E-state index is 13.1. The second-order valence-electron chi connectivity index (χ2n) is 4.34. The summed E-state index contributed by atoms with van der Waals surface area (Å²) in [5.74, 6) is -0.642. The molecule has 1 amide bonds. The average Bonchev–Trinajstić information content (AvgIpc) is 2.48. The summed E-state index contributed by atoms with van der Waals surface area (Å²) in [5, 5.41) is 2.70. The zero-order valence-corrected chi connectivity index (χ0v) is 12.2. The van der Waals surface area contributed by atoms with E-state index < -0.39 is 6.04 Å². The Morgan fingerprint density at radius 1 is 1.25 bits per heavy atom. The Kier molecular flexibility index (Phi) is 4.87. The van der Waals surface area contributed by atoms with Gasteiger partial charge in [-0.15, -0.1) is 0 Å². The Balaban J connectivity index is 2.00. The van der Waals surface area contributed by atoms with E-state index in [1.54, 1.807) is 18.2 Å². The van der Waals surface area contributed by atoms with E-state index in [0.29, 0.717) is 5.56 Å². The smallest absolute Gasteiger partial charge is 0.241 e.